The lowest BCUT2D eigenvalue weighted by molar-refractivity contribution is 0.411. The number of nitrogens with zero attached hydrogens (tertiary/aromatic N) is 1. The van der Waals surface area contributed by atoms with Crippen LogP contribution in [0, 0.1) is 27.7 Å². The van der Waals surface area contributed by atoms with Crippen LogP contribution in [0.25, 0.3) is 10.6 Å². The molecule has 1 aromatic heterocycles. The van der Waals surface area contributed by atoms with E-state index in [0.717, 1.165) is 22.0 Å². The number of rotatable bonds is 2. The molecule has 0 radical (unpaired) electrons. The Bertz CT molecular complexity index is 538. The van der Waals surface area contributed by atoms with Gasteiger partial charge in [0.15, 0.2) is 0 Å². The highest BCUT2D eigenvalue weighted by atomic mass is 32.1. The summed E-state index contributed by atoms with van der Waals surface area (Å²) in [6.45, 7) is 8.34. The lowest BCUT2D eigenvalue weighted by Gasteiger charge is -2.09. The smallest absolute Gasteiger partial charge is 0.124 e. The van der Waals surface area contributed by atoms with Gasteiger partial charge in [0.05, 0.1) is 12.8 Å². The van der Waals surface area contributed by atoms with E-state index in [0.29, 0.717) is 0 Å². The van der Waals surface area contributed by atoms with Gasteiger partial charge in [-0.2, -0.15) is 0 Å². The minimum Gasteiger partial charge on any atom is -0.496 e. The van der Waals surface area contributed by atoms with Crippen molar-refractivity contribution in [3.8, 4) is 16.3 Å². The molecule has 2 rings (SSSR count). The maximum absolute atomic E-state index is 5.33. The molecule has 0 fully saturated rings. The summed E-state index contributed by atoms with van der Waals surface area (Å²) in [6.07, 6.45) is 0. The maximum atomic E-state index is 5.33. The molecule has 0 aliphatic heterocycles. The number of hydrogen-bond acceptors (Lipinski definition) is 3. The number of methoxy groups -OCH3 is 1. The van der Waals surface area contributed by atoms with E-state index in [4.69, 9.17) is 4.74 Å². The molecule has 0 aliphatic carbocycles. The van der Waals surface area contributed by atoms with Gasteiger partial charge in [-0.15, -0.1) is 11.3 Å². The van der Waals surface area contributed by atoms with Crippen molar-refractivity contribution in [3.63, 3.8) is 0 Å². The Labute approximate surface area is 106 Å². The molecule has 0 aliphatic rings. The highest BCUT2D eigenvalue weighted by molar-refractivity contribution is 7.15. The first-order valence-electron chi connectivity index (χ1n) is 5.62. The molecular weight excluding hydrogens is 230 g/mol. The van der Waals surface area contributed by atoms with E-state index in [1.165, 1.54) is 16.0 Å². The lowest BCUT2D eigenvalue weighted by Crippen LogP contribution is -1.91. The van der Waals surface area contributed by atoms with Crippen molar-refractivity contribution in [1.82, 2.24) is 4.98 Å². The number of hydrogen-bond donors (Lipinski definition) is 0. The predicted octanol–water partition coefficient (Wildman–Crippen LogP) is 4.05. The number of aromatic nitrogens is 1. The first-order valence-corrected chi connectivity index (χ1v) is 6.44. The van der Waals surface area contributed by atoms with E-state index in [2.05, 4.69) is 44.8 Å². The zero-order valence-corrected chi connectivity index (χ0v) is 11.7. The summed E-state index contributed by atoms with van der Waals surface area (Å²) in [6, 6.07) is 4.24. The highest BCUT2D eigenvalue weighted by Gasteiger charge is 2.11. The van der Waals surface area contributed by atoms with Crippen LogP contribution in [-0.4, -0.2) is 12.1 Å². The molecule has 0 amide bonds. The van der Waals surface area contributed by atoms with Crippen LogP contribution >= 0.6 is 11.3 Å². The summed E-state index contributed by atoms with van der Waals surface area (Å²) in [5, 5.41) is 1.10. The van der Waals surface area contributed by atoms with Crippen LogP contribution in [0.2, 0.25) is 0 Å². The van der Waals surface area contributed by atoms with Crippen molar-refractivity contribution >= 4 is 11.3 Å². The first kappa shape index (κ1) is 12.1. The van der Waals surface area contributed by atoms with Crippen LogP contribution in [0.3, 0.4) is 0 Å². The molecule has 1 heterocycles. The van der Waals surface area contributed by atoms with E-state index in [-0.39, 0.29) is 0 Å². The fraction of sp³-hybridized carbons (Fsp3) is 0.357. The molecule has 0 saturated carbocycles. The molecule has 2 aromatic rings. The van der Waals surface area contributed by atoms with Crippen LogP contribution in [0.4, 0.5) is 0 Å². The Morgan fingerprint density at radius 3 is 2.29 bits per heavy atom. The van der Waals surface area contributed by atoms with Crippen molar-refractivity contribution < 1.29 is 4.74 Å². The Morgan fingerprint density at radius 2 is 1.76 bits per heavy atom. The quantitative estimate of drug-likeness (QED) is 0.798. The molecule has 17 heavy (non-hydrogen) atoms. The Morgan fingerprint density at radius 1 is 1.06 bits per heavy atom. The average Bonchev–Trinajstić information content (AvgIpc) is 2.61. The largest absolute Gasteiger partial charge is 0.496 e. The summed E-state index contributed by atoms with van der Waals surface area (Å²) in [7, 11) is 1.71. The van der Waals surface area contributed by atoms with Crippen molar-refractivity contribution in [1.29, 1.82) is 0 Å². The molecule has 0 atom stereocenters. The van der Waals surface area contributed by atoms with Crippen molar-refractivity contribution in [3.05, 3.63) is 33.8 Å². The van der Waals surface area contributed by atoms with E-state index in [1.807, 2.05) is 0 Å². The molecule has 0 unspecified atom stereocenters. The molecule has 3 heteroatoms. The molecule has 0 spiro atoms. The molecule has 2 nitrogen and oxygen atoms in total. The number of benzene rings is 1. The monoisotopic (exact) mass is 247 g/mol. The molecule has 1 aromatic carbocycles. The standard InChI is InChI=1S/C14H17NOS/c1-8-7-13(16-5)9(2)6-12(8)14-15-10(3)11(4)17-14/h6-7H,1-5H3. The fourth-order valence-electron chi connectivity index (χ4n) is 1.83. The molecule has 0 saturated heterocycles. The van der Waals surface area contributed by atoms with E-state index >= 15 is 0 Å². The van der Waals surface area contributed by atoms with Gasteiger partial charge in [0.1, 0.15) is 10.8 Å². The molecule has 0 bridgehead atoms. The van der Waals surface area contributed by atoms with Crippen molar-refractivity contribution in [2.75, 3.05) is 7.11 Å². The van der Waals surface area contributed by atoms with Crippen LogP contribution in [0.15, 0.2) is 12.1 Å². The zero-order valence-electron chi connectivity index (χ0n) is 10.9. The Balaban J connectivity index is 2.56. The second kappa shape index (κ2) is 4.49. The molecule has 90 valence electrons. The second-order valence-corrected chi connectivity index (χ2v) is 5.50. The van der Waals surface area contributed by atoms with Crippen molar-refractivity contribution in [2.24, 2.45) is 0 Å². The third kappa shape index (κ3) is 2.20. The normalized spacial score (nSPS) is 10.6. The van der Waals surface area contributed by atoms with Gasteiger partial charge in [-0.05, 0) is 51.0 Å². The summed E-state index contributed by atoms with van der Waals surface area (Å²) in [5.41, 5.74) is 4.70. The van der Waals surface area contributed by atoms with Crippen molar-refractivity contribution in [2.45, 2.75) is 27.7 Å². The second-order valence-electron chi connectivity index (χ2n) is 4.30. The van der Waals surface area contributed by atoms with E-state index < -0.39 is 0 Å². The molecular formula is C14H17NOS. The van der Waals surface area contributed by atoms with E-state index in [1.54, 1.807) is 18.4 Å². The number of ether oxygens (including phenoxy) is 1. The Kier molecular flexibility index (Phi) is 3.20. The van der Waals surface area contributed by atoms with Crippen LogP contribution in [0.5, 0.6) is 5.75 Å². The van der Waals surface area contributed by atoms with Crippen LogP contribution in [0.1, 0.15) is 21.7 Å². The summed E-state index contributed by atoms with van der Waals surface area (Å²) >= 11 is 1.75. The van der Waals surface area contributed by atoms with Gasteiger partial charge in [0, 0.05) is 10.4 Å². The highest BCUT2D eigenvalue weighted by Crippen LogP contribution is 2.33. The Hall–Kier alpha value is -1.35. The first-order chi connectivity index (χ1) is 8.02. The van der Waals surface area contributed by atoms with Crippen LogP contribution < -0.4 is 4.74 Å². The maximum Gasteiger partial charge on any atom is 0.124 e. The number of thiazole rings is 1. The number of aryl methyl sites for hydroxylation is 4. The summed E-state index contributed by atoms with van der Waals surface area (Å²) in [4.78, 5) is 5.90. The predicted molar refractivity (Wildman–Crippen MR) is 73.1 cm³/mol. The van der Waals surface area contributed by atoms with E-state index in [9.17, 15) is 0 Å². The summed E-state index contributed by atoms with van der Waals surface area (Å²) < 4.78 is 5.33. The minimum absolute atomic E-state index is 0.941. The van der Waals surface area contributed by atoms with Gasteiger partial charge in [0.25, 0.3) is 0 Å². The van der Waals surface area contributed by atoms with Crippen LogP contribution in [-0.2, 0) is 0 Å². The SMILES string of the molecule is COc1cc(C)c(-c2nc(C)c(C)s2)cc1C. The van der Waals surface area contributed by atoms with Gasteiger partial charge in [-0.1, -0.05) is 0 Å². The van der Waals surface area contributed by atoms with Gasteiger partial charge >= 0.3 is 0 Å². The minimum atomic E-state index is 0.941. The molecule has 0 N–H and O–H groups in total. The van der Waals surface area contributed by atoms with Gasteiger partial charge in [0.2, 0.25) is 0 Å². The lowest BCUT2D eigenvalue weighted by atomic mass is 10.1. The summed E-state index contributed by atoms with van der Waals surface area (Å²) in [5.74, 6) is 0.941. The van der Waals surface area contributed by atoms with Gasteiger partial charge < -0.3 is 4.74 Å². The average molecular weight is 247 g/mol. The zero-order chi connectivity index (χ0) is 12.6. The fourth-order valence-corrected chi connectivity index (χ4v) is 2.82. The topological polar surface area (TPSA) is 22.1 Å². The van der Waals surface area contributed by atoms with Gasteiger partial charge in [-0.3, -0.25) is 0 Å². The third-order valence-electron chi connectivity index (χ3n) is 3.00. The third-order valence-corrected chi connectivity index (χ3v) is 4.11. The van der Waals surface area contributed by atoms with Gasteiger partial charge in [-0.25, -0.2) is 4.98 Å².